The minimum Gasteiger partial charge on any atom is -0.494 e. The first-order valence-electron chi connectivity index (χ1n) is 10.4. The van der Waals surface area contributed by atoms with Crippen LogP contribution in [0.15, 0.2) is 18.2 Å². The lowest BCUT2D eigenvalue weighted by molar-refractivity contribution is -0.147. The molecule has 2 bridgehead atoms. The summed E-state index contributed by atoms with van der Waals surface area (Å²) < 4.78 is 5.70. The number of amides is 2. The molecule has 28 heavy (non-hydrogen) atoms. The van der Waals surface area contributed by atoms with E-state index >= 15 is 0 Å². The van der Waals surface area contributed by atoms with Crippen molar-refractivity contribution >= 4 is 11.8 Å². The number of hydrogen-bond acceptors (Lipinski definition) is 3. The second-order valence-corrected chi connectivity index (χ2v) is 9.82. The highest BCUT2D eigenvalue weighted by molar-refractivity contribution is 6.35. The first-order chi connectivity index (χ1) is 13.0. The molecule has 1 N–H and O–H groups in total. The van der Waals surface area contributed by atoms with Gasteiger partial charge in [0, 0.05) is 18.2 Å². The largest absolute Gasteiger partial charge is 0.494 e. The zero-order chi connectivity index (χ0) is 20.7. The summed E-state index contributed by atoms with van der Waals surface area (Å²) in [4.78, 5) is 27.6. The van der Waals surface area contributed by atoms with Crippen LogP contribution in [0.25, 0.3) is 0 Å². The molecule has 3 unspecified atom stereocenters. The van der Waals surface area contributed by atoms with E-state index in [1.807, 2.05) is 43.9 Å². The van der Waals surface area contributed by atoms with Gasteiger partial charge in [-0.05, 0) is 56.9 Å². The quantitative estimate of drug-likeness (QED) is 0.796. The Morgan fingerprint density at radius 1 is 1.29 bits per heavy atom. The lowest BCUT2D eigenvalue weighted by atomic mass is 9.65. The van der Waals surface area contributed by atoms with E-state index in [2.05, 4.69) is 26.1 Å². The predicted octanol–water partition coefficient (Wildman–Crippen LogP) is 4.00. The molecule has 1 aliphatic heterocycles. The van der Waals surface area contributed by atoms with Crippen LogP contribution in [0.5, 0.6) is 5.75 Å². The van der Waals surface area contributed by atoms with Gasteiger partial charge in [-0.3, -0.25) is 9.59 Å². The number of benzene rings is 1. The summed E-state index contributed by atoms with van der Waals surface area (Å²) in [7, 11) is 0. The van der Waals surface area contributed by atoms with E-state index in [1.54, 1.807) is 0 Å². The van der Waals surface area contributed by atoms with E-state index in [9.17, 15) is 9.59 Å². The fraction of sp³-hybridized carbons (Fsp3) is 0.652. The van der Waals surface area contributed by atoms with Gasteiger partial charge < -0.3 is 15.0 Å². The van der Waals surface area contributed by atoms with Crippen molar-refractivity contribution in [2.45, 2.75) is 72.9 Å². The summed E-state index contributed by atoms with van der Waals surface area (Å²) in [5.41, 5.74) is 2.32. The summed E-state index contributed by atoms with van der Waals surface area (Å²) in [6.45, 7) is 13.8. The maximum Gasteiger partial charge on any atom is 0.312 e. The number of carbonyl (C=O) groups excluding carboxylic acids is 2. The maximum atomic E-state index is 13.0. The van der Waals surface area contributed by atoms with Crippen molar-refractivity contribution in [3.05, 3.63) is 29.3 Å². The number of hydrogen-bond donors (Lipinski definition) is 1. The molecule has 0 spiro atoms. The van der Waals surface area contributed by atoms with Crippen molar-refractivity contribution < 1.29 is 14.3 Å². The fourth-order valence-electron chi connectivity index (χ4n) is 5.46. The van der Waals surface area contributed by atoms with Crippen LogP contribution < -0.4 is 10.1 Å². The smallest absolute Gasteiger partial charge is 0.312 e. The molecule has 154 valence electrons. The summed E-state index contributed by atoms with van der Waals surface area (Å²) in [5, 5.41) is 2.90. The Morgan fingerprint density at radius 2 is 2.00 bits per heavy atom. The van der Waals surface area contributed by atoms with Gasteiger partial charge in [-0.2, -0.15) is 0 Å². The molecule has 1 aromatic carbocycles. The van der Waals surface area contributed by atoms with Gasteiger partial charge in [-0.25, -0.2) is 0 Å². The van der Waals surface area contributed by atoms with Crippen LogP contribution in [0.2, 0.25) is 0 Å². The van der Waals surface area contributed by atoms with Crippen molar-refractivity contribution in [3.63, 3.8) is 0 Å². The molecular weight excluding hydrogens is 352 g/mol. The molecule has 1 heterocycles. The molecule has 2 fully saturated rings. The van der Waals surface area contributed by atoms with Crippen LogP contribution in [0.4, 0.5) is 0 Å². The average Bonchev–Trinajstić information content (AvgIpc) is 2.84. The number of likely N-dealkylation sites (tertiary alicyclic amines) is 1. The monoisotopic (exact) mass is 386 g/mol. The molecule has 1 aliphatic carbocycles. The highest BCUT2D eigenvalue weighted by Crippen LogP contribution is 2.52. The van der Waals surface area contributed by atoms with E-state index in [1.165, 1.54) is 0 Å². The van der Waals surface area contributed by atoms with Gasteiger partial charge in [0.05, 0.1) is 12.6 Å². The Balaban J connectivity index is 1.72. The van der Waals surface area contributed by atoms with Crippen molar-refractivity contribution in [1.29, 1.82) is 0 Å². The zero-order valence-electron chi connectivity index (χ0n) is 18.1. The Bertz CT molecular complexity index is 773. The van der Waals surface area contributed by atoms with E-state index in [4.69, 9.17) is 4.74 Å². The molecule has 3 rings (SSSR count). The molecule has 2 amide bonds. The van der Waals surface area contributed by atoms with Gasteiger partial charge in [-0.15, -0.1) is 0 Å². The lowest BCUT2D eigenvalue weighted by Crippen LogP contribution is -2.46. The Kier molecular flexibility index (Phi) is 5.48. The SMILES string of the molecule is CCOc1ccc(C)cc1C(C)NC(=O)C(=O)N1CC2(C)CC1CC(C)(C)C2. The number of nitrogens with one attached hydrogen (secondary N) is 1. The van der Waals surface area contributed by atoms with Crippen LogP contribution in [0, 0.1) is 17.8 Å². The summed E-state index contributed by atoms with van der Waals surface area (Å²) in [6.07, 6.45) is 3.06. The highest BCUT2D eigenvalue weighted by Gasteiger charge is 2.51. The number of rotatable bonds is 4. The Labute approximate surface area is 168 Å². The first kappa shape index (κ1) is 20.7. The van der Waals surface area contributed by atoms with E-state index < -0.39 is 11.8 Å². The normalized spacial score (nSPS) is 26.6. The lowest BCUT2D eigenvalue weighted by Gasteiger charge is -2.39. The van der Waals surface area contributed by atoms with Gasteiger partial charge >= 0.3 is 11.8 Å². The second kappa shape index (κ2) is 7.41. The van der Waals surface area contributed by atoms with E-state index in [0.717, 1.165) is 36.1 Å². The molecular formula is C23H34N2O3. The fourth-order valence-corrected chi connectivity index (χ4v) is 5.46. The molecule has 2 aliphatic rings. The minimum absolute atomic E-state index is 0.118. The molecule has 3 atom stereocenters. The van der Waals surface area contributed by atoms with Crippen LogP contribution in [0.3, 0.4) is 0 Å². The molecule has 5 heteroatoms. The van der Waals surface area contributed by atoms with Crippen molar-refractivity contribution in [3.8, 4) is 5.75 Å². The minimum atomic E-state index is -0.523. The van der Waals surface area contributed by atoms with Gasteiger partial charge in [0.15, 0.2) is 0 Å². The summed E-state index contributed by atoms with van der Waals surface area (Å²) in [6, 6.07) is 5.78. The van der Waals surface area contributed by atoms with Crippen molar-refractivity contribution in [2.75, 3.05) is 13.2 Å². The number of aryl methyl sites for hydroxylation is 1. The van der Waals surface area contributed by atoms with Crippen LogP contribution >= 0.6 is 0 Å². The molecule has 1 aromatic rings. The predicted molar refractivity (Wildman–Crippen MR) is 110 cm³/mol. The highest BCUT2D eigenvalue weighted by atomic mass is 16.5. The van der Waals surface area contributed by atoms with Crippen LogP contribution in [-0.2, 0) is 9.59 Å². The second-order valence-electron chi connectivity index (χ2n) is 9.82. The topological polar surface area (TPSA) is 58.6 Å². The van der Waals surface area contributed by atoms with Crippen LogP contribution in [0.1, 0.15) is 71.0 Å². The van der Waals surface area contributed by atoms with E-state index in [0.29, 0.717) is 13.2 Å². The number of fused-ring (bicyclic) bond motifs is 2. The maximum absolute atomic E-state index is 13.0. The molecule has 5 nitrogen and oxygen atoms in total. The van der Waals surface area contributed by atoms with Crippen molar-refractivity contribution in [1.82, 2.24) is 10.2 Å². The molecule has 0 aromatic heterocycles. The average molecular weight is 387 g/mol. The number of nitrogens with zero attached hydrogens (tertiary/aromatic N) is 1. The number of carbonyl (C=O) groups is 2. The zero-order valence-corrected chi connectivity index (χ0v) is 18.1. The van der Waals surface area contributed by atoms with E-state index in [-0.39, 0.29) is 22.9 Å². The molecule has 0 radical (unpaired) electrons. The Hall–Kier alpha value is -2.04. The van der Waals surface area contributed by atoms with Gasteiger partial charge in [-0.1, -0.05) is 38.5 Å². The van der Waals surface area contributed by atoms with Crippen molar-refractivity contribution in [2.24, 2.45) is 10.8 Å². The van der Waals surface area contributed by atoms with Gasteiger partial charge in [0.2, 0.25) is 0 Å². The summed E-state index contributed by atoms with van der Waals surface area (Å²) >= 11 is 0. The molecule has 1 saturated carbocycles. The third-order valence-corrected chi connectivity index (χ3v) is 6.15. The van der Waals surface area contributed by atoms with Gasteiger partial charge in [0.25, 0.3) is 0 Å². The van der Waals surface area contributed by atoms with Gasteiger partial charge in [0.1, 0.15) is 5.75 Å². The van der Waals surface area contributed by atoms with Crippen LogP contribution in [-0.4, -0.2) is 35.9 Å². The molecule has 1 saturated heterocycles. The third-order valence-electron chi connectivity index (χ3n) is 6.15. The summed E-state index contributed by atoms with van der Waals surface area (Å²) in [5.74, 6) is -0.172. The standard InChI is InChI=1S/C23H34N2O3/c1-7-28-19-9-8-15(2)10-18(19)16(3)24-20(26)21(27)25-14-23(6)12-17(25)11-22(4,5)13-23/h8-10,16-17H,7,11-14H2,1-6H3,(H,24,26). The number of ether oxygens (including phenoxy) is 1. The third kappa shape index (κ3) is 4.18. The first-order valence-corrected chi connectivity index (χ1v) is 10.4. The Morgan fingerprint density at radius 3 is 2.68 bits per heavy atom.